The maximum atomic E-state index is 13.1. The molecule has 9 nitrogen and oxygen atoms in total. The van der Waals surface area contributed by atoms with Gasteiger partial charge in [-0.1, -0.05) is 12.1 Å². The van der Waals surface area contributed by atoms with E-state index in [1.54, 1.807) is 31.2 Å². The molecule has 2 aliphatic rings. The summed E-state index contributed by atoms with van der Waals surface area (Å²) in [6.07, 6.45) is 3.07. The Balaban J connectivity index is 1.40. The summed E-state index contributed by atoms with van der Waals surface area (Å²) in [7, 11) is -3.75. The van der Waals surface area contributed by atoms with Crippen LogP contribution < -0.4 is 0 Å². The van der Waals surface area contributed by atoms with Crippen LogP contribution in [-0.4, -0.2) is 66.6 Å². The standard InChI is InChI=1S/C23H25N3O6S/c1-2-32-23(29)17-5-4-13-25(15-17)33(30,31)18-9-7-16(8-10-18)11-14-26-21(27)19-6-3-12-24-20(19)22(26)28/h3,6-10,12,17H,2,4-5,11,13-15H2,1H3/t17-/m0/s1. The van der Waals surface area contributed by atoms with Gasteiger partial charge in [-0.2, -0.15) is 4.31 Å². The number of esters is 1. The topological polar surface area (TPSA) is 114 Å². The molecule has 3 heterocycles. The summed E-state index contributed by atoms with van der Waals surface area (Å²) in [4.78, 5) is 42.2. The van der Waals surface area contributed by atoms with Gasteiger partial charge in [0.25, 0.3) is 11.8 Å². The van der Waals surface area contributed by atoms with Crippen molar-refractivity contribution in [1.29, 1.82) is 0 Å². The monoisotopic (exact) mass is 471 g/mol. The molecule has 0 N–H and O–H groups in total. The first kappa shape index (κ1) is 23.1. The zero-order chi connectivity index (χ0) is 23.6. The quantitative estimate of drug-likeness (QED) is 0.447. The maximum absolute atomic E-state index is 13.1. The molecule has 1 aromatic heterocycles. The molecule has 0 bridgehead atoms. The molecule has 174 valence electrons. The van der Waals surface area contributed by atoms with Gasteiger partial charge in [-0.25, -0.2) is 8.42 Å². The second-order valence-electron chi connectivity index (χ2n) is 8.01. The second kappa shape index (κ2) is 9.40. The number of nitrogens with zero attached hydrogens (tertiary/aromatic N) is 3. The average molecular weight is 472 g/mol. The van der Waals surface area contributed by atoms with E-state index >= 15 is 0 Å². The van der Waals surface area contributed by atoms with Crippen LogP contribution in [-0.2, 0) is 26.0 Å². The third kappa shape index (κ3) is 4.53. The lowest BCUT2D eigenvalue weighted by atomic mass is 10.0. The zero-order valence-electron chi connectivity index (χ0n) is 18.3. The number of aromatic nitrogens is 1. The number of pyridine rings is 1. The first-order valence-corrected chi connectivity index (χ1v) is 12.3. The molecule has 33 heavy (non-hydrogen) atoms. The van der Waals surface area contributed by atoms with Crippen molar-refractivity contribution in [2.45, 2.75) is 31.1 Å². The highest BCUT2D eigenvalue weighted by atomic mass is 32.2. The Morgan fingerprint density at radius 1 is 1.15 bits per heavy atom. The van der Waals surface area contributed by atoms with Crippen LogP contribution in [0.5, 0.6) is 0 Å². The number of imide groups is 1. The Hall–Kier alpha value is -3.11. The third-order valence-corrected chi connectivity index (χ3v) is 7.80. The van der Waals surface area contributed by atoms with Crippen LogP contribution in [0.15, 0.2) is 47.5 Å². The van der Waals surface area contributed by atoms with Crippen molar-refractivity contribution in [2.75, 3.05) is 26.2 Å². The summed E-state index contributed by atoms with van der Waals surface area (Å²) < 4.78 is 32.5. The van der Waals surface area contributed by atoms with Crippen molar-refractivity contribution >= 4 is 27.8 Å². The minimum absolute atomic E-state index is 0.108. The molecule has 2 aliphatic heterocycles. The number of hydrogen-bond donors (Lipinski definition) is 0. The summed E-state index contributed by atoms with van der Waals surface area (Å²) >= 11 is 0. The molecule has 0 aliphatic carbocycles. The van der Waals surface area contributed by atoms with Crippen molar-refractivity contribution in [3.8, 4) is 0 Å². The molecule has 1 atom stereocenters. The number of fused-ring (bicyclic) bond motifs is 1. The van der Waals surface area contributed by atoms with Crippen molar-refractivity contribution in [1.82, 2.24) is 14.2 Å². The molecular weight excluding hydrogens is 446 g/mol. The van der Waals surface area contributed by atoms with Crippen LogP contribution in [0.3, 0.4) is 0 Å². The van der Waals surface area contributed by atoms with E-state index in [0.717, 1.165) is 10.5 Å². The van der Waals surface area contributed by atoms with E-state index in [1.165, 1.54) is 22.6 Å². The first-order chi connectivity index (χ1) is 15.8. The molecule has 4 rings (SSSR count). The highest BCUT2D eigenvalue weighted by Crippen LogP contribution is 2.25. The number of benzene rings is 1. The molecule has 1 fully saturated rings. The second-order valence-corrected chi connectivity index (χ2v) is 9.95. The Morgan fingerprint density at radius 2 is 1.91 bits per heavy atom. The lowest BCUT2D eigenvalue weighted by Crippen LogP contribution is -2.42. The van der Waals surface area contributed by atoms with Gasteiger partial charge in [-0.3, -0.25) is 24.3 Å². The van der Waals surface area contributed by atoms with Gasteiger partial charge in [0.15, 0.2) is 0 Å². The third-order valence-electron chi connectivity index (χ3n) is 5.92. The minimum Gasteiger partial charge on any atom is -0.466 e. The van der Waals surface area contributed by atoms with E-state index in [9.17, 15) is 22.8 Å². The van der Waals surface area contributed by atoms with E-state index < -0.39 is 21.8 Å². The molecule has 1 saturated heterocycles. The molecule has 0 radical (unpaired) electrons. The van der Waals surface area contributed by atoms with Crippen LogP contribution in [0.25, 0.3) is 0 Å². The van der Waals surface area contributed by atoms with E-state index in [4.69, 9.17) is 4.74 Å². The van der Waals surface area contributed by atoms with Gasteiger partial charge in [-0.05, 0) is 56.0 Å². The summed E-state index contributed by atoms with van der Waals surface area (Å²) in [5, 5.41) is 0. The highest BCUT2D eigenvalue weighted by Gasteiger charge is 2.36. The Bertz CT molecular complexity index is 1140. The SMILES string of the molecule is CCOC(=O)[C@H]1CCCN(S(=O)(=O)c2ccc(CCN3C(=O)c4cccnc4C3=O)cc2)C1. The fourth-order valence-corrected chi connectivity index (χ4v) is 5.67. The normalized spacial score (nSPS) is 18.9. The summed E-state index contributed by atoms with van der Waals surface area (Å²) in [5.41, 5.74) is 1.25. The Kier molecular flexibility index (Phi) is 6.57. The zero-order valence-corrected chi connectivity index (χ0v) is 19.1. The predicted octanol–water partition coefficient (Wildman–Crippen LogP) is 1.88. The maximum Gasteiger partial charge on any atom is 0.310 e. The molecule has 0 unspecified atom stereocenters. The van der Waals surface area contributed by atoms with Crippen LogP contribution in [0.2, 0.25) is 0 Å². The number of sulfonamides is 1. The van der Waals surface area contributed by atoms with Gasteiger partial charge in [0.2, 0.25) is 10.0 Å². The number of piperidine rings is 1. The van der Waals surface area contributed by atoms with E-state index in [1.807, 2.05) is 0 Å². The highest BCUT2D eigenvalue weighted by molar-refractivity contribution is 7.89. The van der Waals surface area contributed by atoms with Crippen LogP contribution >= 0.6 is 0 Å². The fraction of sp³-hybridized carbons (Fsp3) is 0.391. The predicted molar refractivity (Wildman–Crippen MR) is 118 cm³/mol. The van der Waals surface area contributed by atoms with Gasteiger partial charge < -0.3 is 4.74 Å². The van der Waals surface area contributed by atoms with Crippen molar-refractivity contribution in [3.63, 3.8) is 0 Å². The number of rotatable bonds is 7. The molecular formula is C23H25N3O6S. The molecule has 10 heteroatoms. The summed E-state index contributed by atoms with van der Waals surface area (Å²) in [6.45, 7) is 2.63. The average Bonchev–Trinajstić information content (AvgIpc) is 3.08. The lowest BCUT2D eigenvalue weighted by molar-refractivity contribution is -0.149. The number of carbonyl (C=O) groups is 3. The number of carbonyl (C=O) groups excluding carboxylic acids is 3. The fourth-order valence-electron chi connectivity index (χ4n) is 4.15. The van der Waals surface area contributed by atoms with Crippen molar-refractivity contribution < 1.29 is 27.5 Å². The molecule has 2 amide bonds. The molecule has 1 aromatic carbocycles. The summed E-state index contributed by atoms with van der Waals surface area (Å²) in [6, 6.07) is 9.58. The Labute approximate surface area is 192 Å². The lowest BCUT2D eigenvalue weighted by Gasteiger charge is -2.30. The summed E-state index contributed by atoms with van der Waals surface area (Å²) in [5.74, 6) is -1.61. The van der Waals surface area contributed by atoms with Crippen molar-refractivity contribution in [2.24, 2.45) is 5.92 Å². The largest absolute Gasteiger partial charge is 0.466 e. The van der Waals surface area contributed by atoms with E-state index in [-0.39, 0.29) is 42.2 Å². The van der Waals surface area contributed by atoms with Gasteiger partial charge in [0, 0.05) is 25.8 Å². The smallest absolute Gasteiger partial charge is 0.310 e. The van der Waals surface area contributed by atoms with Crippen molar-refractivity contribution in [3.05, 3.63) is 59.4 Å². The number of ether oxygens (including phenoxy) is 1. The van der Waals surface area contributed by atoms with E-state index in [2.05, 4.69) is 4.98 Å². The Morgan fingerprint density at radius 3 is 2.61 bits per heavy atom. The number of amides is 2. The molecule has 0 saturated carbocycles. The van der Waals surface area contributed by atoms with Crippen LogP contribution in [0.1, 0.15) is 46.2 Å². The van der Waals surface area contributed by atoms with Gasteiger partial charge in [-0.15, -0.1) is 0 Å². The molecule has 0 spiro atoms. The van der Waals surface area contributed by atoms with Crippen LogP contribution in [0, 0.1) is 5.92 Å². The van der Waals surface area contributed by atoms with E-state index in [0.29, 0.717) is 31.4 Å². The first-order valence-electron chi connectivity index (χ1n) is 10.9. The minimum atomic E-state index is -3.75. The van der Waals surface area contributed by atoms with Crippen LogP contribution in [0.4, 0.5) is 0 Å². The van der Waals surface area contributed by atoms with Gasteiger partial charge >= 0.3 is 5.97 Å². The van der Waals surface area contributed by atoms with Gasteiger partial charge in [0.05, 0.1) is 23.0 Å². The number of hydrogen-bond acceptors (Lipinski definition) is 7. The molecule has 2 aromatic rings. The van der Waals surface area contributed by atoms with Gasteiger partial charge in [0.1, 0.15) is 5.69 Å².